The lowest BCUT2D eigenvalue weighted by Crippen LogP contribution is -2.05. The molecule has 0 spiro atoms. The number of benzene rings is 8. The Morgan fingerprint density at radius 3 is 1.85 bits per heavy atom. The van der Waals surface area contributed by atoms with E-state index in [0.29, 0.717) is 0 Å². The predicted octanol–water partition coefficient (Wildman–Crippen LogP) is 14.9. The third-order valence-electron chi connectivity index (χ3n) is 12.2. The number of allylic oxidation sites excluding steroid dienone is 4. The van der Waals surface area contributed by atoms with Gasteiger partial charge in [0.15, 0.2) is 0 Å². The molecular weight excluding hydrogens is 637 g/mol. The van der Waals surface area contributed by atoms with E-state index in [9.17, 15) is 0 Å². The van der Waals surface area contributed by atoms with E-state index in [4.69, 9.17) is 0 Å². The van der Waals surface area contributed by atoms with Gasteiger partial charge in [-0.3, -0.25) is 0 Å². The smallest absolute Gasteiger partial charge is 0.0130 e. The van der Waals surface area contributed by atoms with E-state index in [2.05, 4.69) is 179 Å². The average molecular weight is 675 g/mol. The lowest BCUT2D eigenvalue weighted by molar-refractivity contribution is 0.876. The first-order valence-electron chi connectivity index (χ1n) is 19.0. The van der Waals surface area contributed by atoms with Crippen LogP contribution in [-0.2, 0) is 0 Å². The molecule has 0 bridgehead atoms. The van der Waals surface area contributed by atoms with Gasteiger partial charge in [-0.05, 0) is 142 Å². The summed E-state index contributed by atoms with van der Waals surface area (Å²) in [5.41, 5.74) is 13.4. The van der Waals surface area contributed by atoms with Crippen molar-refractivity contribution in [3.63, 3.8) is 0 Å². The first-order valence-corrected chi connectivity index (χ1v) is 19.0. The van der Waals surface area contributed by atoms with Crippen molar-refractivity contribution in [3.05, 3.63) is 186 Å². The molecule has 10 aromatic rings. The minimum Gasteiger partial charge on any atom is -0.0836 e. The van der Waals surface area contributed by atoms with Crippen LogP contribution in [0.1, 0.15) is 40.2 Å². The Kier molecular flexibility index (Phi) is 6.53. The Morgan fingerprint density at radius 1 is 0.434 bits per heavy atom. The van der Waals surface area contributed by atoms with Crippen LogP contribution in [-0.4, -0.2) is 0 Å². The van der Waals surface area contributed by atoms with Gasteiger partial charge in [-0.1, -0.05) is 163 Å². The molecule has 0 aliphatic heterocycles. The summed E-state index contributed by atoms with van der Waals surface area (Å²) >= 11 is 0. The maximum Gasteiger partial charge on any atom is 0.0130 e. The molecule has 1 atom stereocenters. The molecular formula is C53H38. The van der Waals surface area contributed by atoms with E-state index < -0.39 is 0 Å². The largest absolute Gasteiger partial charge is 0.0836 e. The highest BCUT2D eigenvalue weighted by Gasteiger charge is 2.30. The zero-order valence-electron chi connectivity index (χ0n) is 30.3. The van der Waals surface area contributed by atoms with Gasteiger partial charge in [0.05, 0.1) is 0 Å². The molecule has 1 aliphatic carbocycles. The van der Waals surface area contributed by atoms with Gasteiger partial charge in [-0.15, -0.1) is 0 Å². The normalized spacial score (nSPS) is 14.8. The first kappa shape index (κ1) is 30.4. The summed E-state index contributed by atoms with van der Waals surface area (Å²) in [4.78, 5) is 0. The second-order valence-corrected chi connectivity index (χ2v) is 15.2. The van der Waals surface area contributed by atoms with Crippen LogP contribution in [0.15, 0.2) is 158 Å². The van der Waals surface area contributed by atoms with Gasteiger partial charge in [0.2, 0.25) is 0 Å². The lowest BCUT2D eigenvalue weighted by atomic mass is 9.78. The zero-order valence-corrected chi connectivity index (χ0v) is 30.3. The molecule has 0 saturated heterocycles. The van der Waals surface area contributed by atoms with Crippen LogP contribution in [0.5, 0.6) is 0 Å². The summed E-state index contributed by atoms with van der Waals surface area (Å²) in [5.74, 6) is 0.266. The maximum atomic E-state index is 2.45. The van der Waals surface area contributed by atoms with Gasteiger partial charge < -0.3 is 0 Å². The van der Waals surface area contributed by atoms with Gasteiger partial charge in [0.25, 0.3) is 0 Å². The molecule has 0 heterocycles. The van der Waals surface area contributed by atoms with Crippen LogP contribution in [0.25, 0.3) is 92.5 Å². The molecule has 0 N–H and O–H groups in total. The van der Waals surface area contributed by atoms with Crippen molar-refractivity contribution in [2.24, 2.45) is 0 Å². The summed E-state index contributed by atoms with van der Waals surface area (Å²) in [6, 6.07) is 52.7. The van der Waals surface area contributed by atoms with Crippen molar-refractivity contribution >= 4 is 70.2 Å². The zero-order chi connectivity index (χ0) is 35.4. The summed E-state index contributed by atoms with van der Waals surface area (Å²) in [7, 11) is 0. The molecule has 0 nitrogen and oxygen atoms in total. The maximum absolute atomic E-state index is 2.45. The monoisotopic (exact) mass is 674 g/mol. The van der Waals surface area contributed by atoms with E-state index in [0.717, 1.165) is 6.42 Å². The van der Waals surface area contributed by atoms with E-state index in [1.807, 2.05) is 0 Å². The van der Waals surface area contributed by atoms with Gasteiger partial charge in [0, 0.05) is 5.92 Å². The van der Waals surface area contributed by atoms with Gasteiger partial charge in [-0.25, -0.2) is 0 Å². The number of hydrogen-bond donors (Lipinski definition) is 0. The molecule has 53 heavy (non-hydrogen) atoms. The molecule has 0 fully saturated rings. The highest BCUT2D eigenvalue weighted by atomic mass is 14.3. The topological polar surface area (TPSA) is 0 Å². The van der Waals surface area contributed by atoms with Crippen LogP contribution < -0.4 is 0 Å². The first-order chi connectivity index (χ1) is 26.1. The summed E-state index contributed by atoms with van der Waals surface area (Å²) in [6.07, 6.45) is 8.03. The van der Waals surface area contributed by atoms with Gasteiger partial charge >= 0.3 is 0 Å². The van der Waals surface area contributed by atoms with E-state index in [-0.39, 0.29) is 5.92 Å². The molecule has 0 saturated carbocycles. The van der Waals surface area contributed by atoms with Crippen LogP contribution in [0, 0.1) is 20.8 Å². The highest BCUT2D eigenvalue weighted by molar-refractivity contribution is 6.48. The molecule has 1 unspecified atom stereocenters. The minimum atomic E-state index is 0.266. The number of aryl methyl sites for hydroxylation is 3. The fourth-order valence-electron chi connectivity index (χ4n) is 10.3. The molecule has 1 aliphatic rings. The van der Waals surface area contributed by atoms with Crippen LogP contribution in [0.3, 0.4) is 0 Å². The second kappa shape index (κ2) is 11.4. The molecule has 10 aromatic carbocycles. The predicted molar refractivity (Wildman–Crippen MR) is 230 cm³/mol. The molecule has 11 rings (SSSR count). The van der Waals surface area contributed by atoms with Crippen LogP contribution in [0.4, 0.5) is 0 Å². The van der Waals surface area contributed by atoms with E-state index in [1.165, 1.54) is 120 Å². The number of rotatable bonds is 4. The van der Waals surface area contributed by atoms with Crippen molar-refractivity contribution in [2.75, 3.05) is 0 Å². The van der Waals surface area contributed by atoms with Crippen LogP contribution >= 0.6 is 0 Å². The van der Waals surface area contributed by atoms with Crippen molar-refractivity contribution in [3.8, 4) is 22.3 Å². The van der Waals surface area contributed by atoms with Gasteiger partial charge in [0.1, 0.15) is 0 Å². The average Bonchev–Trinajstić information content (AvgIpc) is 3.71. The fraction of sp³-hybridized carbons (Fsp3) is 0.0943. The van der Waals surface area contributed by atoms with Crippen molar-refractivity contribution < 1.29 is 0 Å². The number of fused-ring (bicyclic) bond motifs is 7. The molecule has 0 aromatic heterocycles. The molecule has 0 heteroatoms. The molecule has 250 valence electrons. The van der Waals surface area contributed by atoms with E-state index >= 15 is 0 Å². The third-order valence-corrected chi connectivity index (χ3v) is 12.2. The summed E-state index contributed by atoms with van der Waals surface area (Å²) < 4.78 is 0. The van der Waals surface area contributed by atoms with Gasteiger partial charge in [-0.2, -0.15) is 0 Å². The minimum absolute atomic E-state index is 0.266. The highest BCUT2D eigenvalue weighted by Crippen LogP contribution is 2.56. The number of hydrogen-bond acceptors (Lipinski definition) is 0. The molecule has 0 amide bonds. The quantitative estimate of drug-likeness (QED) is 0.174. The Balaban J connectivity index is 1.39. The van der Waals surface area contributed by atoms with E-state index in [1.54, 1.807) is 0 Å². The second-order valence-electron chi connectivity index (χ2n) is 15.2. The Hall–Kier alpha value is -6.24. The summed E-state index contributed by atoms with van der Waals surface area (Å²) in [6.45, 7) is 6.75. The van der Waals surface area contributed by atoms with Crippen molar-refractivity contribution in [1.29, 1.82) is 0 Å². The summed E-state index contributed by atoms with van der Waals surface area (Å²) in [5, 5.41) is 16.3. The molecule has 0 radical (unpaired) electrons. The Morgan fingerprint density at radius 2 is 1.08 bits per heavy atom. The Bertz CT molecular complexity index is 3120. The van der Waals surface area contributed by atoms with Crippen LogP contribution in [0.2, 0.25) is 0 Å². The van der Waals surface area contributed by atoms with Crippen molar-refractivity contribution in [2.45, 2.75) is 33.1 Å². The SMILES string of the molecule is Cc1cc(C)c(-c2ccc3c4c(C5=CC=CCC5c5ccccc5)c5cccc6c7cccc(-c8ccccc8)c7c(c56)c4c4cccc2c34)c(C)c1. The standard InChI is InChI=1S/C53H38/c1-31-29-32(2)46(33(3)30-31)42-27-28-45-47-39(42)22-13-25-43(47)52-51(45)49(38-20-11-10-19-36(38)34-15-6-4-7-16-34)44-26-14-24-41-40-23-12-21-37(35-17-8-5-9-18-35)48(40)53(52)50(41)44/h4-18,20-30,36H,19H2,1-3H3. The third kappa shape index (κ3) is 4.24. The lowest BCUT2D eigenvalue weighted by Gasteiger charge is -2.25. The fourth-order valence-corrected chi connectivity index (χ4v) is 10.3. The van der Waals surface area contributed by atoms with Crippen molar-refractivity contribution in [1.82, 2.24) is 0 Å². The Labute approximate surface area is 310 Å².